The van der Waals surface area contributed by atoms with E-state index in [4.69, 9.17) is 4.74 Å². The Balaban J connectivity index is 2.10. The molecule has 0 aliphatic carbocycles. The fourth-order valence-electron chi connectivity index (χ4n) is 1.53. The van der Waals surface area contributed by atoms with Crippen molar-refractivity contribution >= 4 is 5.91 Å². The zero-order valence-electron chi connectivity index (χ0n) is 9.79. The van der Waals surface area contributed by atoms with E-state index in [1.54, 1.807) is 0 Å². The van der Waals surface area contributed by atoms with E-state index in [0.717, 1.165) is 39.3 Å². The average Bonchev–Trinajstić information content (AvgIpc) is 2.27. The molecule has 15 heavy (non-hydrogen) atoms. The lowest BCUT2D eigenvalue weighted by molar-refractivity contribution is -0.122. The van der Waals surface area contributed by atoms with E-state index < -0.39 is 0 Å². The lowest BCUT2D eigenvalue weighted by Crippen LogP contribution is -2.40. The molecule has 1 saturated heterocycles. The monoisotopic (exact) mass is 214 g/mol. The maximum absolute atomic E-state index is 11.5. The van der Waals surface area contributed by atoms with E-state index in [0.29, 0.717) is 12.5 Å². The van der Waals surface area contributed by atoms with Gasteiger partial charge in [-0.25, -0.2) is 0 Å². The molecule has 0 bridgehead atoms. The van der Waals surface area contributed by atoms with Crippen LogP contribution in [0, 0.1) is 0 Å². The van der Waals surface area contributed by atoms with Gasteiger partial charge in [0.05, 0.1) is 13.2 Å². The number of carbonyl (C=O) groups is 1. The van der Waals surface area contributed by atoms with Crippen LogP contribution in [0.5, 0.6) is 0 Å². The molecule has 4 nitrogen and oxygen atoms in total. The Morgan fingerprint density at radius 1 is 1.47 bits per heavy atom. The molecule has 1 unspecified atom stereocenters. The molecule has 0 aromatic heterocycles. The zero-order chi connectivity index (χ0) is 11.1. The van der Waals surface area contributed by atoms with E-state index >= 15 is 0 Å². The molecule has 1 aliphatic rings. The normalized spacial score (nSPS) is 19.9. The summed E-state index contributed by atoms with van der Waals surface area (Å²) in [7, 11) is 0. The second-order valence-corrected chi connectivity index (χ2v) is 4.08. The molecule has 0 aromatic rings. The van der Waals surface area contributed by atoms with Crippen LogP contribution in [-0.2, 0) is 9.53 Å². The van der Waals surface area contributed by atoms with Gasteiger partial charge in [0, 0.05) is 32.1 Å². The van der Waals surface area contributed by atoms with Gasteiger partial charge >= 0.3 is 0 Å². The summed E-state index contributed by atoms with van der Waals surface area (Å²) >= 11 is 0. The summed E-state index contributed by atoms with van der Waals surface area (Å²) in [6.07, 6.45) is 1.59. The molecular weight excluding hydrogens is 192 g/mol. The second-order valence-electron chi connectivity index (χ2n) is 4.08. The average molecular weight is 214 g/mol. The fraction of sp³-hybridized carbons (Fsp3) is 0.909. The van der Waals surface area contributed by atoms with Crippen molar-refractivity contribution < 1.29 is 9.53 Å². The molecule has 4 heteroatoms. The van der Waals surface area contributed by atoms with Gasteiger partial charge in [-0.1, -0.05) is 6.92 Å². The van der Waals surface area contributed by atoms with Crippen LogP contribution < -0.4 is 5.32 Å². The van der Waals surface area contributed by atoms with Crippen molar-refractivity contribution in [3.05, 3.63) is 0 Å². The number of morpholine rings is 1. The van der Waals surface area contributed by atoms with Gasteiger partial charge in [0.25, 0.3) is 0 Å². The first-order valence-corrected chi connectivity index (χ1v) is 5.82. The third kappa shape index (κ3) is 5.14. The Hall–Kier alpha value is -0.610. The van der Waals surface area contributed by atoms with Crippen molar-refractivity contribution in [2.75, 3.05) is 32.8 Å². The first-order valence-electron chi connectivity index (χ1n) is 5.82. The molecule has 0 saturated carbocycles. The van der Waals surface area contributed by atoms with Crippen molar-refractivity contribution in [3.63, 3.8) is 0 Å². The molecule has 0 aromatic carbocycles. The van der Waals surface area contributed by atoms with Gasteiger partial charge in [-0.3, -0.25) is 9.69 Å². The summed E-state index contributed by atoms with van der Waals surface area (Å²) in [6.45, 7) is 8.47. The molecule has 1 amide bonds. The Labute approximate surface area is 92.0 Å². The van der Waals surface area contributed by atoms with Gasteiger partial charge < -0.3 is 10.1 Å². The minimum absolute atomic E-state index is 0.163. The van der Waals surface area contributed by atoms with E-state index in [1.165, 1.54) is 0 Å². The number of amides is 1. The minimum Gasteiger partial charge on any atom is -0.379 e. The number of ether oxygens (including phenoxy) is 1. The lowest BCUT2D eigenvalue weighted by atomic mass is 10.2. The molecule has 0 spiro atoms. The van der Waals surface area contributed by atoms with Crippen LogP contribution in [0.25, 0.3) is 0 Å². The maximum atomic E-state index is 11.5. The van der Waals surface area contributed by atoms with Crippen LogP contribution in [0.1, 0.15) is 26.7 Å². The molecule has 1 aliphatic heterocycles. The fourth-order valence-corrected chi connectivity index (χ4v) is 1.53. The third-order valence-corrected chi connectivity index (χ3v) is 2.78. The van der Waals surface area contributed by atoms with E-state index in [2.05, 4.69) is 17.1 Å². The predicted octanol–water partition coefficient (Wildman–Crippen LogP) is 0.623. The molecule has 1 rings (SSSR count). The largest absolute Gasteiger partial charge is 0.379 e. The Morgan fingerprint density at radius 2 is 2.13 bits per heavy atom. The number of hydrogen-bond acceptors (Lipinski definition) is 3. The van der Waals surface area contributed by atoms with Crippen molar-refractivity contribution in [2.24, 2.45) is 0 Å². The molecule has 1 heterocycles. The van der Waals surface area contributed by atoms with Gasteiger partial charge in [-0.2, -0.15) is 0 Å². The smallest absolute Gasteiger partial charge is 0.221 e. The Morgan fingerprint density at radius 3 is 2.73 bits per heavy atom. The Bertz CT molecular complexity index is 191. The summed E-state index contributed by atoms with van der Waals surface area (Å²) in [5.74, 6) is 0.163. The minimum atomic E-state index is 0.163. The van der Waals surface area contributed by atoms with Crippen LogP contribution in [0.3, 0.4) is 0 Å². The van der Waals surface area contributed by atoms with Gasteiger partial charge in [-0.05, 0) is 13.3 Å². The van der Waals surface area contributed by atoms with Crippen LogP contribution >= 0.6 is 0 Å². The number of nitrogens with one attached hydrogen (secondary N) is 1. The van der Waals surface area contributed by atoms with E-state index in [1.807, 2.05) is 6.92 Å². The predicted molar refractivity (Wildman–Crippen MR) is 59.8 cm³/mol. The summed E-state index contributed by atoms with van der Waals surface area (Å²) in [6, 6.07) is 0.294. The van der Waals surface area contributed by atoms with Crippen molar-refractivity contribution in [2.45, 2.75) is 32.7 Å². The SMILES string of the molecule is CCC(C)NC(=O)CCN1CCOCC1. The summed E-state index contributed by atoms with van der Waals surface area (Å²) in [5.41, 5.74) is 0. The van der Waals surface area contributed by atoms with Crippen LogP contribution in [0.2, 0.25) is 0 Å². The number of carbonyl (C=O) groups excluding carboxylic acids is 1. The van der Waals surface area contributed by atoms with Gasteiger partial charge in [0.1, 0.15) is 0 Å². The molecule has 1 N–H and O–H groups in total. The Kier molecular flexibility index (Phi) is 5.65. The van der Waals surface area contributed by atoms with E-state index in [9.17, 15) is 4.79 Å². The zero-order valence-corrected chi connectivity index (χ0v) is 9.79. The number of hydrogen-bond donors (Lipinski definition) is 1. The summed E-state index contributed by atoms with van der Waals surface area (Å²) < 4.78 is 5.25. The summed E-state index contributed by atoms with van der Waals surface area (Å²) in [5, 5.41) is 2.97. The molecule has 1 atom stereocenters. The standard InChI is InChI=1S/C11H22N2O2/c1-3-10(2)12-11(14)4-5-13-6-8-15-9-7-13/h10H,3-9H2,1-2H3,(H,12,14). The molecule has 1 fully saturated rings. The maximum Gasteiger partial charge on any atom is 0.221 e. The van der Waals surface area contributed by atoms with Gasteiger partial charge in [-0.15, -0.1) is 0 Å². The highest BCUT2D eigenvalue weighted by molar-refractivity contribution is 5.76. The van der Waals surface area contributed by atoms with Crippen LogP contribution in [0.15, 0.2) is 0 Å². The summed E-state index contributed by atoms with van der Waals surface area (Å²) in [4.78, 5) is 13.8. The van der Waals surface area contributed by atoms with Crippen LogP contribution in [0.4, 0.5) is 0 Å². The first-order chi connectivity index (χ1) is 7.22. The van der Waals surface area contributed by atoms with Crippen molar-refractivity contribution in [3.8, 4) is 0 Å². The van der Waals surface area contributed by atoms with E-state index in [-0.39, 0.29) is 5.91 Å². The number of nitrogens with zero attached hydrogens (tertiary/aromatic N) is 1. The molecule has 88 valence electrons. The third-order valence-electron chi connectivity index (χ3n) is 2.78. The topological polar surface area (TPSA) is 41.6 Å². The van der Waals surface area contributed by atoms with Gasteiger partial charge in [0.15, 0.2) is 0 Å². The van der Waals surface area contributed by atoms with Gasteiger partial charge in [0.2, 0.25) is 5.91 Å². The molecule has 0 radical (unpaired) electrons. The quantitative estimate of drug-likeness (QED) is 0.729. The van der Waals surface area contributed by atoms with Crippen molar-refractivity contribution in [1.82, 2.24) is 10.2 Å². The lowest BCUT2D eigenvalue weighted by Gasteiger charge is -2.26. The highest BCUT2D eigenvalue weighted by Crippen LogP contribution is 1.98. The van der Waals surface area contributed by atoms with Crippen LogP contribution in [-0.4, -0.2) is 49.7 Å². The highest BCUT2D eigenvalue weighted by Gasteiger charge is 2.12. The number of rotatable bonds is 5. The first kappa shape index (κ1) is 12.5. The highest BCUT2D eigenvalue weighted by atomic mass is 16.5. The van der Waals surface area contributed by atoms with Crippen molar-refractivity contribution in [1.29, 1.82) is 0 Å². The second kappa shape index (κ2) is 6.80. The molecular formula is C11H22N2O2.